The molecular weight excluding hydrogens is 172 g/mol. The van der Waals surface area contributed by atoms with E-state index in [1.807, 2.05) is 19.1 Å². The van der Waals surface area contributed by atoms with E-state index < -0.39 is 5.97 Å². The molecule has 0 saturated heterocycles. The van der Waals surface area contributed by atoms with Crippen molar-refractivity contribution in [3.05, 3.63) is 12.2 Å². The molecule has 0 fully saturated rings. The van der Waals surface area contributed by atoms with Gasteiger partial charge in [-0.1, -0.05) is 19.1 Å². The normalized spacial score (nSPS) is 9.92. The van der Waals surface area contributed by atoms with Gasteiger partial charge in [0.2, 0.25) is 0 Å². The molecule has 0 radical (unpaired) electrons. The maximum Gasteiger partial charge on any atom is 0.344 e. The van der Waals surface area contributed by atoms with Gasteiger partial charge in [-0.05, 0) is 12.8 Å². The maximum atomic E-state index is 10.7. The van der Waals surface area contributed by atoms with E-state index in [1.165, 1.54) is 0 Å². The van der Waals surface area contributed by atoms with Crippen LogP contribution in [0.15, 0.2) is 12.2 Å². The van der Waals surface area contributed by atoms with E-state index in [-0.39, 0.29) is 13.1 Å². The van der Waals surface area contributed by atoms with Gasteiger partial charge in [0.15, 0.2) is 6.61 Å². The average molecular weight is 186 g/mol. The first-order valence-corrected chi connectivity index (χ1v) is 4.17. The quantitative estimate of drug-likeness (QED) is 0.258. The minimum atomic E-state index is -0.517. The fraction of sp³-hybridized carbons (Fsp3) is 0.556. The van der Waals surface area contributed by atoms with Crippen molar-refractivity contribution < 1.29 is 19.1 Å². The second-order valence-electron chi connectivity index (χ2n) is 2.30. The highest BCUT2D eigenvalue weighted by Gasteiger charge is 2.00. The minimum absolute atomic E-state index is 0.220. The van der Waals surface area contributed by atoms with Crippen LogP contribution in [0, 0.1) is 0 Å². The molecule has 0 rings (SSSR count). The molecule has 0 amide bonds. The Labute approximate surface area is 77.5 Å². The second kappa shape index (κ2) is 8.77. The van der Waals surface area contributed by atoms with Crippen LogP contribution in [0.5, 0.6) is 0 Å². The fourth-order valence-corrected chi connectivity index (χ4v) is 0.669. The molecule has 13 heavy (non-hydrogen) atoms. The third-order valence-electron chi connectivity index (χ3n) is 1.22. The highest BCUT2D eigenvalue weighted by Crippen LogP contribution is 1.88. The first-order valence-electron chi connectivity index (χ1n) is 4.17. The summed E-state index contributed by atoms with van der Waals surface area (Å²) in [5.74, 6) is -0.517. The Morgan fingerprint density at radius 3 is 2.77 bits per heavy atom. The summed E-state index contributed by atoms with van der Waals surface area (Å²) in [5, 5.41) is 0. The van der Waals surface area contributed by atoms with Gasteiger partial charge in [-0.2, -0.15) is 0 Å². The fourth-order valence-electron chi connectivity index (χ4n) is 0.669. The molecule has 4 heteroatoms. The van der Waals surface area contributed by atoms with Gasteiger partial charge in [-0.15, -0.1) is 0 Å². The molecule has 0 N–H and O–H groups in total. The number of rotatable bonds is 7. The molecule has 0 aromatic carbocycles. The van der Waals surface area contributed by atoms with Crippen molar-refractivity contribution >= 4 is 12.4 Å². The van der Waals surface area contributed by atoms with Crippen molar-refractivity contribution in [1.82, 2.24) is 0 Å². The zero-order chi connectivity index (χ0) is 9.94. The molecule has 0 aliphatic rings. The van der Waals surface area contributed by atoms with Crippen LogP contribution < -0.4 is 0 Å². The van der Waals surface area contributed by atoms with Crippen LogP contribution in [-0.4, -0.2) is 25.7 Å². The Morgan fingerprint density at radius 2 is 2.15 bits per heavy atom. The molecule has 0 aromatic heterocycles. The van der Waals surface area contributed by atoms with Gasteiger partial charge >= 0.3 is 5.97 Å². The molecule has 0 aromatic rings. The molecular formula is C9H14O4. The largest absolute Gasteiger partial charge is 0.463 e. The highest BCUT2D eigenvalue weighted by atomic mass is 16.6. The van der Waals surface area contributed by atoms with Gasteiger partial charge < -0.3 is 9.47 Å². The summed E-state index contributed by atoms with van der Waals surface area (Å²) in [7, 11) is 0. The summed E-state index contributed by atoms with van der Waals surface area (Å²) in [5.41, 5.74) is 0. The SMILES string of the molecule is CCC=CCCOC(=O)COC=O. The minimum Gasteiger partial charge on any atom is -0.463 e. The average Bonchev–Trinajstić information content (AvgIpc) is 2.14. The molecule has 4 nitrogen and oxygen atoms in total. The lowest BCUT2D eigenvalue weighted by molar-refractivity contribution is -0.152. The summed E-state index contributed by atoms with van der Waals surface area (Å²) >= 11 is 0. The Balaban J connectivity index is 3.26. The Bertz CT molecular complexity index is 174. The van der Waals surface area contributed by atoms with E-state index in [4.69, 9.17) is 4.74 Å². The molecule has 0 unspecified atom stereocenters. The van der Waals surface area contributed by atoms with Crippen molar-refractivity contribution in [2.75, 3.05) is 13.2 Å². The zero-order valence-electron chi connectivity index (χ0n) is 7.69. The number of ether oxygens (including phenoxy) is 2. The van der Waals surface area contributed by atoms with E-state index in [2.05, 4.69) is 4.74 Å². The molecule has 0 atom stereocenters. The van der Waals surface area contributed by atoms with Crippen LogP contribution in [0.25, 0.3) is 0 Å². The van der Waals surface area contributed by atoms with Gasteiger partial charge in [-0.25, -0.2) is 4.79 Å². The van der Waals surface area contributed by atoms with Gasteiger partial charge in [-0.3, -0.25) is 4.79 Å². The summed E-state index contributed by atoms with van der Waals surface area (Å²) in [4.78, 5) is 20.4. The molecule has 0 aliphatic carbocycles. The predicted octanol–water partition coefficient (Wildman–Crippen LogP) is 1.06. The van der Waals surface area contributed by atoms with E-state index >= 15 is 0 Å². The molecule has 0 saturated carbocycles. The Kier molecular flexibility index (Phi) is 7.88. The monoisotopic (exact) mass is 186 g/mol. The first-order chi connectivity index (χ1) is 6.31. The number of carbonyl (C=O) groups is 2. The number of allylic oxidation sites excluding steroid dienone is 1. The van der Waals surface area contributed by atoms with Crippen molar-refractivity contribution in [1.29, 1.82) is 0 Å². The van der Waals surface area contributed by atoms with Crippen molar-refractivity contribution in [2.45, 2.75) is 19.8 Å². The van der Waals surface area contributed by atoms with Crippen molar-refractivity contribution in [2.24, 2.45) is 0 Å². The van der Waals surface area contributed by atoms with Crippen LogP contribution >= 0.6 is 0 Å². The van der Waals surface area contributed by atoms with Crippen LogP contribution in [0.3, 0.4) is 0 Å². The third-order valence-corrected chi connectivity index (χ3v) is 1.22. The van der Waals surface area contributed by atoms with Gasteiger partial charge in [0.25, 0.3) is 6.47 Å². The highest BCUT2D eigenvalue weighted by molar-refractivity contribution is 5.71. The summed E-state index contributed by atoms with van der Waals surface area (Å²) in [6.07, 6.45) is 5.60. The van der Waals surface area contributed by atoms with Crippen LogP contribution in [-0.2, 0) is 19.1 Å². The Hall–Kier alpha value is -1.32. The number of hydrogen-bond acceptors (Lipinski definition) is 4. The van der Waals surface area contributed by atoms with Gasteiger partial charge in [0.1, 0.15) is 0 Å². The summed E-state index contributed by atoms with van der Waals surface area (Å²) in [6.45, 7) is 2.28. The van der Waals surface area contributed by atoms with Crippen LogP contribution in [0.1, 0.15) is 19.8 Å². The zero-order valence-corrected chi connectivity index (χ0v) is 7.69. The second-order valence-corrected chi connectivity index (χ2v) is 2.30. The van der Waals surface area contributed by atoms with E-state index in [0.29, 0.717) is 13.0 Å². The van der Waals surface area contributed by atoms with Crippen LogP contribution in [0.4, 0.5) is 0 Å². The molecule has 74 valence electrons. The standard InChI is InChI=1S/C9H14O4/c1-2-3-4-5-6-13-9(11)7-12-8-10/h3-4,8H,2,5-7H2,1H3. The lowest BCUT2D eigenvalue weighted by Gasteiger charge is -2.00. The number of esters is 1. The molecule has 0 aliphatic heterocycles. The van der Waals surface area contributed by atoms with Gasteiger partial charge in [0.05, 0.1) is 6.61 Å². The van der Waals surface area contributed by atoms with Gasteiger partial charge in [0, 0.05) is 0 Å². The summed E-state index contributed by atoms with van der Waals surface area (Å²) < 4.78 is 8.92. The van der Waals surface area contributed by atoms with E-state index in [1.54, 1.807) is 0 Å². The number of hydrogen-bond donors (Lipinski definition) is 0. The molecule has 0 heterocycles. The topological polar surface area (TPSA) is 52.6 Å². The van der Waals surface area contributed by atoms with Crippen molar-refractivity contribution in [3.8, 4) is 0 Å². The van der Waals surface area contributed by atoms with E-state index in [9.17, 15) is 9.59 Å². The number of carbonyl (C=O) groups excluding carboxylic acids is 2. The van der Waals surface area contributed by atoms with Crippen molar-refractivity contribution in [3.63, 3.8) is 0 Å². The smallest absolute Gasteiger partial charge is 0.344 e. The predicted molar refractivity (Wildman–Crippen MR) is 47.0 cm³/mol. The molecule has 0 spiro atoms. The maximum absolute atomic E-state index is 10.7. The van der Waals surface area contributed by atoms with Crippen LogP contribution in [0.2, 0.25) is 0 Å². The lowest BCUT2D eigenvalue weighted by Crippen LogP contribution is -2.12. The third kappa shape index (κ3) is 8.59. The molecule has 0 bridgehead atoms. The lowest BCUT2D eigenvalue weighted by atomic mass is 10.3. The first kappa shape index (κ1) is 11.7. The summed E-state index contributed by atoms with van der Waals surface area (Å²) in [6, 6.07) is 0. The Morgan fingerprint density at radius 1 is 1.38 bits per heavy atom. The van der Waals surface area contributed by atoms with E-state index in [0.717, 1.165) is 6.42 Å².